The number of nitrogens with zero attached hydrogens (tertiary/aromatic N) is 2. The normalized spacial score (nSPS) is 15.8. The van der Waals surface area contributed by atoms with Crippen LogP contribution in [0.4, 0.5) is 11.4 Å². The van der Waals surface area contributed by atoms with Gasteiger partial charge in [0.05, 0.1) is 11.9 Å². The van der Waals surface area contributed by atoms with E-state index in [2.05, 4.69) is 56.2 Å². The van der Waals surface area contributed by atoms with Crippen LogP contribution in [0.1, 0.15) is 56.6 Å². The van der Waals surface area contributed by atoms with Crippen LogP contribution in [0.3, 0.4) is 0 Å². The number of amides is 1. The van der Waals surface area contributed by atoms with E-state index in [0.29, 0.717) is 11.6 Å². The van der Waals surface area contributed by atoms with Gasteiger partial charge in [-0.2, -0.15) is 0 Å². The quantitative estimate of drug-likeness (QED) is 0.847. The standard InChI is InChI=1S/C22H29N3O/c1-16-11-13-25(14-12-16)21(26)20-10-9-17(15-23-20)24-19-8-6-5-7-18(19)22(2,3)4/h5-10,15-16,24H,11-14H2,1-4H3. The van der Waals surface area contributed by atoms with Gasteiger partial charge in [0.2, 0.25) is 0 Å². The third-order valence-corrected chi connectivity index (χ3v) is 5.07. The Hall–Kier alpha value is -2.36. The fourth-order valence-electron chi connectivity index (χ4n) is 3.37. The van der Waals surface area contributed by atoms with E-state index in [9.17, 15) is 4.79 Å². The summed E-state index contributed by atoms with van der Waals surface area (Å²) in [6.07, 6.45) is 3.91. The molecule has 0 unspecified atom stereocenters. The lowest BCUT2D eigenvalue weighted by Gasteiger charge is -2.30. The molecule has 0 aliphatic carbocycles. The second-order valence-corrected chi connectivity index (χ2v) is 8.33. The van der Waals surface area contributed by atoms with E-state index in [4.69, 9.17) is 0 Å². The monoisotopic (exact) mass is 351 g/mol. The van der Waals surface area contributed by atoms with Crippen LogP contribution in [-0.4, -0.2) is 28.9 Å². The molecule has 26 heavy (non-hydrogen) atoms. The Labute approximate surface area is 156 Å². The minimum atomic E-state index is 0.0403. The maximum Gasteiger partial charge on any atom is 0.272 e. The summed E-state index contributed by atoms with van der Waals surface area (Å²) in [5, 5.41) is 3.44. The van der Waals surface area contributed by atoms with Crippen molar-refractivity contribution in [2.45, 2.75) is 46.0 Å². The first-order valence-electron chi connectivity index (χ1n) is 9.46. The maximum absolute atomic E-state index is 12.6. The Balaban J connectivity index is 1.72. The van der Waals surface area contributed by atoms with Gasteiger partial charge in [0.15, 0.2) is 0 Å². The molecule has 0 spiro atoms. The van der Waals surface area contributed by atoms with Gasteiger partial charge in [-0.15, -0.1) is 0 Å². The summed E-state index contributed by atoms with van der Waals surface area (Å²) in [6.45, 7) is 10.5. The Morgan fingerprint density at radius 3 is 2.42 bits per heavy atom. The van der Waals surface area contributed by atoms with Gasteiger partial charge in [0.1, 0.15) is 5.69 Å². The summed E-state index contributed by atoms with van der Waals surface area (Å²) in [5.74, 6) is 0.750. The first-order valence-corrected chi connectivity index (χ1v) is 9.46. The van der Waals surface area contributed by atoms with E-state index < -0.39 is 0 Å². The molecule has 1 saturated heterocycles. The number of hydrogen-bond donors (Lipinski definition) is 1. The molecule has 4 heteroatoms. The van der Waals surface area contributed by atoms with E-state index >= 15 is 0 Å². The van der Waals surface area contributed by atoms with E-state index in [0.717, 1.165) is 37.3 Å². The first-order chi connectivity index (χ1) is 12.3. The van der Waals surface area contributed by atoms with Crippen molar-refractivity contribution < 1.29 is 4.79 Å². The number of benzene rings is 1. The molecule has 138 valence electrons. The lowest BCUT2D eigenvalue weighted by molar-refractivity contribution is 0.0691. The van der Waals surface area contributed by atoms with Crippen LogP contribution in [0.2, 0.25) is 0 Å². The Kier molecular flexibility index (Phi) is 5.30. The molecule has 0 saturated carbocycles. The van der Waals surface area contributed by atoms with Crippen molar-refractivity contribution in [3.63, 3.8) is 0 Å². The summed E-state index contributed by atoms with van der Waals surface area (Å²) in [4.78, 5) is 18.9. The fourth-order valence-corrected chi connectivity index (χ4v) is 3.37. The van der Waals surface area contributed by atoms with Crippen molar-refractivity contribution in [3.05, 3.63) is 53.9 Å². The number of piperidine rings is 1. The van der Waals surface area contributed by atoms with Crippen LogP contribution < -0.4 is 5.32 Å². The van der Waals surface area contributed by atoms with Crippen LogP contribution in [-0.2, 0) is 5.41 Å². The highest BCUT2D eigenvalue weighted by atomic mass is 16.2. The Bertz CT molecular complexity index is 754. The first kappa shape index (κ1) is 18.4. The van der Waals surface area contributed by atoms with Crippen molar-refractivity contribution in [2.75, 3.05) is 18.4 Å². The molecule has 1 amide bonds. The van der Waals surface area contributed by atoms with E-state index in [1.54, 1.807) is 6.20 Å². The zero-order valence-corrected chi connectivity index (χ0v) is 16.2. The molecule has 3 rings (SSSR count). The number of carbonyl (C=O) groups is 1. The summed E-state index contributed by atoms with van der Waals surface area (Å²) >= 11 is 0. The molecular weight excluding hydrogens is 322 g/mol. The minimum Gasteiger partial charge on any atom is -0.354 e. The largest absolute Gasteiger partial charge is 0.354 e. The van der Waals surface area contributed by atoms with Gasteiger partial charge in [-0.05, 0) is 47.9 Å². The van der Waals surface area contributed by atoms with E-state index in [-0.39, 0.29) is 11.3 Å². The Morgan fingerprint density at radius 1 is 1.12 bits per heavy atom. The van der Waals surface area contributed by atoms with E-state index in [1.807, 2.05) is 23.1 Å². The van der Waals surface area contributed by atoms with Gasteiger partial charge in [0.25, 0.3) is 5.91 Å². The molecule has 2 heterocycles. The second-order valence-electron chi connectivity index (χ2n) is 8.33. The molecule has 0 radical (unpaired) electrons. The minimum absolute atomic E-state index is 0.0403. The summed E-state index contributed by atoms with van der Waals surface area (Å²) in [6, 6.07) is 12.1. The lowest BCUT2D eigenvalue weighted by Crippen LogP contribution is -2.38. The Morgan fingerprint density at radius 2 is 1.81 bits per heavy atom. The molecule has 1 aromatic heterocycles. The smallest absolute Gasteiger partial charge is 0.272 e. The van der Waals surface area contributed by atoms with Crippen LogP contribution in [0.5, 0.6) is 0 Å². The van der Waals surface area contributed by atoms with Crippen molar-refractivity contribution in [2.24, 2.45) is 5.92 Å². The van der Waals surface area contributed by atoms with Crippen molar-refractivity contribution >= 4 is 17.3 Å². The van der Waals surface area contributed by atoms with Crippen molar-refractivity contribution in [1.82, 2.24) is 9.88 Å². The van der Waals surface area contributed by atoms with Gasteiger partial charge in [-0.3, -0.25) is 4.79 Å². The number of aromatic nitrogens is 1. The molecule has 1 aromatic carbocycles. The third kappa shape index (κ3) is 4.24. The highest BCUT2D eigenvalue weighted by Gasteiger charge is 2.22. The SMILES string of the molecule is CC1CCN(C(=O)c2ccc(Nc3ccccc3C(C)(C)C)cn2)CC1. The maximum atomic E-state index is 12.6. The third-order valence-electron chi connectivity index (χ3n) is 5.07. The predicted octanol–water partition coefficient (Wildman–Crippen LogP) is 4.99. The topological polar surface area (TPSA) is 45.2 Å². The van der Waals surface area contributed by atoms with Crippen molar-refractivity contribution in [3.8, 4) is 0 Å². The number of nitrogens with one attached hydrogen (secondary N) is 1. The number of carbonyl (C=O) groups excluding carboxylic acids is 1. The molecule has 0 atom stereocenters. The van der Waals surface area contributed by atoms with Crippen LogP contribution in [0, 0.1) is 5.92 Å². The highest BCUT2D eigenvalue weighted by molar-refractivity contribution is 5.92. The average Bonchev–Trinajstić information content (AvgIpc) is 2.62. The summed E-state index contributed by atoms with van der Waals surface area (Å²) in [7, 11) is 0. The van der Waals surface area contributed by atoms with Gasteiger partial charge in [-0.1, -0.05) is 45.9 Å². The molecule has 1 aliphatic rings. The van der Waals surface area contributed by atoms with Crippen LogP contribution in [0.25, 0.3) is 0 Å². The van der Waals surface area contributed by atoms with Crippen LogP contribution in [0.15, 0.2) is 42.6 Å². The van der Waals surface area contributed by atoms with Gasteiger partial charge in [-0.25, -0.2) is 4.98 Å². The molecule has 1 N–H and O–H groups in total. The predicted molar refractivity (Wildman–Crippen MR) is 107 cm³/mol. The van der Waals surface area contributed by atoms with Crippen molar-refractivity contribution in [1.29, 1.82) is 0 Å². The van der Waals surface area contributed by atoms with E-state index in [1.165, 1.54) is 5.56 Å². The zero-order valence-electron chi connectivity index (χ0n) is 16.2. The number of anilines is 2. The lowest BCUT2D eigenvalue weighted by atomic mass is 9.86. The number of pyridine rings is 1. The number of rotatable bonds is 3. The van der Waals surface area contributed by atoms with Gasteiger partial charge in [0, 0.05) is 18.8 Å². The number of likely N-dealkylation sites (tertiary alicyclic amines) is 1. The summed E-state index contributed by atoms with van der Waals surface area (Å²) in [5.41, 5.74) is 3.80. The summed E-state index contributed by atoms with van der Waals surface area (Å²) < 4.78 is 0. The fraction of sp³-hybridized carbons (Fsp3) is 0.455. The molecule has 1 aliphatic heterocycles. The number of hydrogen-bond acceptors (Lipinski definition) is 3. The number of para-hydroxylation sites is 1. The molecule has 4 nitrogen and oxygen atoms in total. The molecular formula is C22H29N3O. The average molecular weight is 351 g/mol. The zero-order chi connectivity index (χ0) is 18.7. The molecule has 1 fully saturated rings. The van der Waals surface area contributed by atoms with Gasteiger partial charge >= 0.3 is 0 Å². The highest BCUT2D eigenvalue weighted by Crippen LogP contribution is 2.31. The van der Waals surface area contributed by atoms with Gasteiger partial charge < -0.3 is 10.2 Å². The molecule has 0 bridgehead atoms. The second kappa shape index (κ2) is 7.48. The van der Waals surface area contributed by atoms with Crippen LogP contribution >= 0.6 is 0 Å². The molecule has 2 aromatic rings.